The van der Waals surface area contributed by atoms with Crippen LogP contribution in [0.4, 0.5) is 0 Å². The molecule has 1 aliphatic carbocycles. The molecule has 0 unspecified atom stereocenters. The number of aromatic nitrogens is 1. The lowest BCUT2D eigenvalue weighted by atomic mass is 9.88. The standard InChI is InChI=1S/C14H16N2/c15-14(8-1-2-9-14)12-7-3-5-11-6-4-10-16-13(11)12/h3-7,10H,1-2,8-9,15H2. The fourth-order valence-corrected chi connectivity index (χ4v) is 2.78. The van der Waals surface area contributed by atoms with Crippen molar-refractivity contribution in [2.24, 2.45) is 5.73 Å². The van der Waals surface area contributed by atoms with Gasteiger partial charge in [0.15, 0.2) is 0 Å². The van der Waals surface area contributed by atoms with Gasteiger partial charge in [-0.15, -0.1) is 0 Å². The van der Waals surface area contributed by atoms with Gasteiger partial charge in [0.2, 0.25) is 0 Å². The third-order valence-corrected chi connectivity index (χ3v) is 3.66. The summed E-state index contributed by atoms with van der Waals surface area (Å²) < 4.78 is 0. The Balaban J connectivity index is 2.23. The van der Waals surface area contributed by atoms with Crippen molar-refractivity contribution in [1.29, 1.82) is 0 Å². The molecule has 0 amide bonds. The first-order valence-corrected chi connectivity index (χ1v) is 5.93. The maximum absolute atomic E-state index is 6.51. The lowest BCUT2D eigenvalue weighted by molar-refractivity contribution is 0.465. The summed E-state index contributed by atoms with van der Waals surface area (Å²) in [6.07, 6.45) is 6.50. The number of pyridine rings is 1. The Bertz CT molecular complexity index is 508. The predicted molar refractivity (Wildman–Crippen MR) is 66.1 cm³/mol. The highest BCUT2D eigenvalue weighted by molar-refractivity contribution is 5.82. The zero-order chi connectivity index (χ0) is 11.0. The molecule has 1 aromatic heterocycles. The van der Waals surface area contributed by atoms with Crippen molar-refractivity contribution in [2.75, 3.05) is 0 Å². The van der Waals surface area contributed by atoms with Crippen molar-refractivity contribution < 1.29 is 0 Å². The van der Waals surface area contributed by atoms with Crippen LogP contribution >= 0.6 is 0 Å². The van der Waals surface area contributed by atoms with Gasteiger partial charge >= 0.3 is 0 Å². The molecule has 2 aromatic rings. The SMILES string of the molecule is NC1(c2cccc3cccnc23)CCCC1. The number of para-hydroxylation sites is 1. The van der Waals surface area contributed by atoms with E-state index in [2.05, 4.69) is 29.2 Å². The number of benzene rings is 1. The summed E-state index contributed by atoms with van der Waals surface area (Å²) in [6, 6.07) is 10.4. The number of nitrogens with zero attached hydrogens (tertiary/aromatic N) is 1. The molecular weight excluding hydrogens is 196 g/mol. The minimum atomic E-state index is -0.145. The molecule has 2 nitrogen and oxygen atoms in total. The lowest BCUT2D eigenvalue weighted by Gasteiger charge is -2.25. The first kappa shape index (κ1) is 9.79. The molecule has 0 saturated heterocycles. The molecule has 1 heterocycles. The zero-order valence-electron chi connectivity index (χ0n) is 9.32. The summed E-state index contributed by atoms with van der Waals surface area (Å²) in [7, 11) is 0. The topological polar surface area (TPSA) is 38.9 Å². The third kappa shape index (κ3) is 1.41. The van der Waals surface area contributed by atoms with Crippen molar-refractivity contribution in [3.05, 3.63) is 42.1 Å². The number of fused-ring (bicyclic) bond motifs is 1. The van der Waals surface area contributed by atoms with E-state index < -0.39 is 0 Å². The van der Waals surface area contributed by atoms with Crippen LogP contribution in [0.15, 0.2) is 36.5 Å². The van der Waals surface area contributed by atoms with E-state index in [9.17, 15) is 0 Å². The fourth-order valence-electron chi connectivity index (χ4n) is 2.78. The second-order valence-electron chi connectivity index (χ2n) is 4.74. The minimum Gasteiger partial charge on any atom is -0.321 e. The van der Waals surface area contributed by atoms with Crippen LogP contribution in [-0.4, -0.2) is 4.98 Å². The number of hydrogen-bond acceptors (Lipinski definition) is 2. The van der Waals surface area contributed by atoms with Gasteiger partial charge in [0.05, 0.1) is 5.52 Å². The molecule has 0 atom stereocenters. The average molecular weight is 212 g/mol. The van der Waals surface area contributed by atoms with Crippen molar-refractivity contribution in [3.8, 4) is 0 Å². The largest absolute Gasteiger partial charge is 0.321 e. The van der Waals surface area contributed by atoms with Crippen LogP contribution in [0.1, 0.15) is 31.2 Å². The van der Waals surface area contributed by atoms with E-state index in [1.807, 2.05) is 12.3 Å². The van der Waals surface area contributed by atoms with Crippen LogP contribution in [-0.2, 0) is 5.54 Å². The Labute approximate surface area is 95.5 Å². The van der Waals surface area contributed by atoms with Gasteiger partial charge in [0.1, 0.15) is 0 Å². The first-order valence-electron chi connectivity index (χ1n) is 5.93. The molecule has 1 fully saturated rings. The van der Waals surface area contributed by atoms with Crippen LogP contribution < -0.4 is 5.73 Å². The predicted octanol–water partition coefficient (Wildman–Crippen LogP) is 2.96. The number of hydrogen-bond donors (Lipinski definition) is 1. The second-order valence-corrected chi connectivity index (χ2v) is 4.74. The van der Waals surface area contributed by atoms with Crippen molar-refractivity contribution in [1.82, 2.24) is 4.98 Å². The Kier molecular flexibility index (Phi) is 2.18. The van der Waals surface area contributed by atoms with Crippen molar-refractivity contribution in [2.45, 2.75) is 31.2 Å². The molecule has 0 radical (unpaired) electrons. The summed E-state index contributed by atoms with van der Waals surface area (Å²) in [5.41, 5.74) is 8.66. The molecule has 0 bridgehead atoms. The van der Waals surface area contributed by atoms with Crippen LogP contribution in [0.5, 0.6) is 0 Å². The van der Waals surface area contributed by atoms with E-state index in [4.69, 9.17) is 5.73 Å². The first-order chi connectivity index (χ1) is 7.80. The smallest absolute Gasteiger partial charge is 0.0752 e. The molecule has 16 heavy (non-hydrogen) atoms. The quantitative estimate of drug-likeness (QED) is 0.789. The van der Waals surface area contributed by atoms with Crippen molar-refractivity contribution >= 4 is 10.9 Å². The van der Waals surface area contributed by atoms with E-state index >= 15 is 0 Å². The molecule has 1 aliphatic rings. The molecule has 1 saturated carbocycles. The summed E-state index contributed by atoms with van der Waals surface area (Å²) in [5, 5.41) is 1.19. The van der Waals surface area contributed by atoms with Crippen LogP contribution in [0, 0.1) is 0 Å². The summed E-state index contributed by atoms with van der Waals surface area (Å²) in [6.45, 7) is 0. The van der Waals surface area contributed by atoms with Crippen LogP contribution in [0.3, 0.4) is 0 Å². The summed E-state index contributed by atoms with van der Waals surface area (Å²) >= 11 is 0. The van der Waals surface area contributed by atoms with Gasteiger partial charge in [-0.25, -0.2) is 0 Å². The summed E-state index contributed by atoms with van der Waals surface area (Å²) in [4.78, 5) is 4.49. The number of rotatable bonds is 1. The van der Waals surface area contributed by atoms with E-state index in [1.54, 1.807) is 0 Å². The number of nitrogens with two attached hydrogens (primary N) is 1. The Hall–Kier alpha value is -1.41. The van der Waals surface area contributed by atoms with E-state index in [1.165, 1.54) is 23.8 Å². The van der Waals surface area contributed by atoms with E-state index in [0.717, 1.165) is 18.4 Å². The zero-order valence-corrected chi connectivity index (χ0v) is 9.32. The van der Waals surface area contributed by atoms with Crippen LogP contribution in [0.25, 0.3) is 10.9 Å². The summed E-state index contributed by atoms with van der Waals surface area (Å²) in [5.74, 6) is 0. The lowest BCUT2D eigenvalue weighted by Crippen LogP contribution is -2.33. The molecule has 1 aromatic carbocycles. The van der Waals surface area contributed by atoms with Crippen molar-refractivity contribution in [3.63, 3.8) is 0 Å². The van der Waals surface area contributed by atoms with Gasteiger partial charge < -0.3 is 5.73 Å². The molecule has 2 N–H and O–H groups in total. The Morgan fingerprint density at radius 3 is 2.62 bits per heavy atom. The molecule has 0 aliphatic heterocycles. The normalized spacial score (nSPS) is 19.1. The monoisotopic (exact) mass is 212 g/mol. The highest BCUT2D eigenvalue weighted by Gasteiger charge is 2.32. The second kappa shape index (κ2) is 3.56. The maximum Gasteiger partial charge on any atom is 0.0752 e. The van der Waals surface area contributed by atoms with Gasteiger partial charge in [0, 0.05) is 17.1 Å². The highest BCUT2D eigenvalue weighted by atomic mass is 14.8. The van der Waals surface area contributed by atoms with E-state index in [-0.39, 0.29) is 5.54 Å². The minimum absolute atomic E-state index is 0.145. The molecule has 82 valence electrons. The van der Waals surface area contributed by atoms with Gasteiger partial charge in [-0.3, -0.25) is 4.98 Å². The van der Waals surface area contributed by atoms with E-state index in [0.29, 0.717) is 0 Å². The van der Waals surface area contributed by atoms with Gasteiger partial charge in [0.25, 0.3) is 0 Å². The molecule has 0 spiro atoms. The molecular formula is C14H16N2. The van der Waals surface area contributed by atoms with Gasteiger partial charge in [-0.2, -0.15) is 0 Å². The highest BCUT2D eigenvalue weighted by Crippen LogP contribution is 2.38. The maximum atomic E-state index is 6.51. The molecule has 2 heteroatoms. The van der Waals surface area contributed by atoms with Gasteiger partial charge in [-0.1, -0.05) is 37.1 Å². The fraction of sp³-hybridized carbons (Fsp3) is 0.357. The Morgan fingerprint density at radius 2 is 1.81 bits per heavy atom. The van der Waals surface area contributed by atoms with Gasteiger partial charge in [-0.05, 0) is 24.5 Å². The van der Waals surface area contributed by atoms with Crippen LogP contribution in [0.2, 0.25) is 0 Å². The third-order valence-electron chi connectivity index (χ3n) is 3.66. The molecule has 3 rings (SSSR count). The Morgan fingerprint density at radius 1 is 1.06 bits per heavy atom. The average Bonchev–Trinajstić information content (AvgIpc) is 2.77.